The van der Waals surface area contributed by atoms with Crippen LogP contribution in [0, 0.1) is 34.0 Å². The quantitative estimate of drug-likeness (QED) is 0.260. The van der Waals surface area contributed by atoms with Crippen molar-refractivity contribution in [2.24, 2.45) is 34.0 Å². The van der Waals surface area contributed by atoms with E-state index in [0.717, 1.165) is 44.9 Å². The van der Waals surface area contributed by atoms with Gasteiger partial charge in [0.1, 0.15) is 36.1 Å². The lowest BCUT2D eigenvalue weighted by Crippen LogP contribution is -2.62. The van der Waals surface area contributed by atoms with Crippen molar-refractivity contribution in [3.8, 4) is 0 Å². The van der Waals surface area contributed by atoms with Crippen LogP contribution in [-0.4, -0.2) is 98.8 Å². The van der Waals surface area contributed by atoms with Crippen molar-refractivity contribution in [1.82, 2.24) is 0 Å². The summed E-state index contributed by atoms with van der Waals surface area (Å²) in [6, 6.07) is 0. The lowest BCUT2D eigenvalue weighted by molar-refractivity contribution is -0.313. The van der Waals surface area contributed by atoms with Gasteiger partial charge in [-0.1, -0.05) is 20.3 Å². The monoisotopic (exact) mass is 542 g/mol. The minimum atomic E-state index is -1.59. The highest BCUT2D eigenvalue weighted by Crippen LogP contribution is 2.73. The van der Waals surface area contributed by atoms with Gasteiger partial charge in [0.05, 0.1) is 13.2 Å². The maximum atomic E-state index is 12.4. The Morgan fingerprint density at radius 3 is 2.37 bits per heavy atom. The fourth-order valence-corrected chi connectivity index (χ4v) is 9.90. The third-order valence-electron chi connectivity index (χ3n) is 11.6. The van der Waals surface area contributed by atoms with Crippen LogP contribution >= 0.6 is 0 Å². The third-order valence-corrected chi connectivity index (χ3v) is 11.6. The van der Waals surface area contributed by atoms with Gasteiger partial charge in [0.2, 0.25) is 0 Å². The lowest BCUT2D eigenvalue weighted by atomic mass is 9.40. The number of ether oxygens (including phenoxy) is 3. The van der Waals surface area contributed by atoms with Crippen molar-refractivity contribution in [1.29, 1.82) is 0 Å². The molecule has 4 aliphatic carbocycles. The van der Waals surface area contributed by atoms with E-state index in [1.54, 1.807) is 0 Å². The Balaban J connectivity index is 1.44. The minimum absolute atomic E-state index is 0.0548. The number of hydrogen-bond acceptors (Lipinski definition) is 10. The molecule has 1 heterocycles. The molecule has 5 rings (SSSR count). The summed E-state index contributed by atoms with van der Waals surface area (Å²) in [4.78, 5) is 12.4. The highest BCUT2D eigenvalue weighted by atomic mass is 16.7. The van der Waals surface area contributed by atoms with Gasteiger partial charge in [-0.3, -0.25) is 4.79 Å². The van der Waals surface area contributed by atoms with Gasteiger partial charge in [-0.05, 0) is 73.5 Å². The first-order valence-electron chi connectivity index (χ1n) is 14.3. The van der Waals surface area contributed by atoms with Gasteiger partial charge in [-0.15, -0.1) is 0 Å². The zero-order valence-corrected chi connectivity index (χ0v) is 22.8. The number of fused-ring (bicyclic) bond motifs is 3. The molecule has 0 radical (unpaired) electrons. The predicted molar refractivity (Wildman–Crippen MR) is 133 cm³/mol. The van der Waals surface area contributed by atoms with Crippen LogP contribution in [0.2, 0.25) is 0 Å². The summed E-state index contributed by atoms with van der Waals surface area (Å²) < 4.78 is 17.4. The second-order valence-corrected chi connectivity index (χ2v) is 13.5. The molecule has 1 saturated heterocycles. The van der Waals surface area contributed by atoms with Crippen LogP contribution in [0.25, 0.3) is 0 Å². The van der Waals surface area contributed by atoms with E-state index in [4.69, 9.17) is 14.2 Å². The summed E-state index contributed by atoms with van der Waals surface area (Å²) in [6.07, 6.45) is -0.926. The molecule has 0 amide bonds. The smallest absolute Gasteiger partial charge is 0.303 e. The standard InChI is InChI=1S/C28H46O10/c1-15(31)37-24-27-10-7-18-25(2,13-30)8-4-9-26(18,3)19(27)6-5-16(11-27)28(24,35)14-36-23-22(34)21(33)20(32)17(12-29)38-23/h16-24,29-30,32-35H,4-14H2,1-3H3/t16-,17-,18-,19+,20-,21+,22-,23-,24-,25+,26-,27-,28+/m1/s1. The Morgan fingerprint density at radius 1 is 0.974 bits per heavy atom. The van der Waals surface area contributed by atoms with Gasteiger partial charge in [0, 0.05) is 18.9 Å². The van der Waals surface area contributed by atoms with Crippen LogP contribution in [0.4, 0.5) is 0 Å². The predicted octanol–water partition coefficient (Wildman–Crippen LogP) is 0.481. The van der Waals surface area contributed by atoms with Crippen molar-refractivity contribution in [3.05, 3.63) is 0 Å². The fraction of sp³-hybridized carbons (Fsp3) is 0.964. The molecule has 13 atom stereocenters. The molecule has 2 bridgehead atoms. The molecular weight excluding hydrogens is 496 g/mol. The van der Waals surface area contributed by atoms with E-state index in [9.17, 15) is 35.4 Å². The van der Waals surface area contributed by atoms with E-state index < -0.39 is 60.4 Å². The second kappa shape index (κ2) is 9.91. The minimum Gasteiger partial charge on any atom is -0.459 e. The van der Waals surface area contributed by atoms with E-state index in [1.807, 2.05) is 0 Å². The Labute approximate surface area is 224 Å². The summed E-state index contributed by atoms with van der Waals surface area (Å²) in [5.74, 6) is -0.112. The molecule has 0 aromatic rings. The Morgan fingerprint density at radius 2 is 1.71 bits per heavy atom. The van der Waals surface area contributed by atoms with Crippen molar-refractivity contribution in [2.45, 2.75) is 115 Å². The highest BCUT2D eigenvalue weighted by Gasteiger charge is 2.73. The molecule has 38 heavy (non-hydrogen) atoms. The van der Waals surface area contributed by atoms with Gasteiger partial charge in [-0.25, -0.2) is 0 Å². The zero-order valence-electron chi connectivity index (χ0n) is 22.8. The molecule has 1 spiro atoms. The Hall–Kier alpha value is -0.850. The SMILES string of the molecule is CC(=O)O[C@H]1[C@](O)(CO[C@@H]2O[C@H](CO)[C@@H](O)[C@H](O)[C@H]2O)[C@@H]2CC[C@H]3[C@]4(C)CCC[C@@](C)(CO)[C@H]4CC[C@@]31C2. The van der Waals surface area contributed by atoms with E-state index in [0.29, 0.717) is 12.3 Å². The van der Waals surface area contributed by atoms with Gasteiger partial charge in [0.25, 0.3) is 0 Å². The fourth-order valence-electron chi connectivity index (χ4n) is 9.90. The largest absolute Gasteiger partial charge is 0.459 e. The number of aliphatic hydroxyl groups is 6. The first kappa shape index (κ1) is 28.7. The van der Waals surface area contributed by atoms with Gasteiger partial charge < -0.3 is 44.8 Å². The number of hydrogen-bond donors (Lipinski definition) is 6. The average molecular weight is 543 g/mol. The summed E-state index contributed by atoms with van der Waals surface area (Å²) in [5, 5.41) is 62.9. The van der Waals surface area contributed by atoms with E-state index in [-0.39, 0.29) is 35.9 Å². The molecule has 0 unspecified atom stereocenters. The number of carbonyl (C=O) groups is 1. The molecule has 0 aromatic carbocycles. The maximum Gasteiger partial charge on any atom is 0.303 e. The summed E-state index contributed by atoms with van der Waals surface area (Å²) in [5.41, 5.74) is -2.16. The van der Waals surface area contributed by atoms with E-state index in [2.05, 4.69) is 13.8 Å². The van der Waals surface area contributed by atoms with E-state index in [1.165, 1.54) is 6.92 Å². The number of carbonyl (C=O) groups excluding carboxylic acids is 1. The summed E-state index contributed by atoms with van der Waals surface area (Å²) in [7, 11) is 0. The average Bonchev–Trinajstić information content (AvgIpc) is 3.04. The number of esters is 1. The molecule has 4 saturated carbocycles. The summed E-state index contributed by atoms with van der Waals surface area (Å²) >= 11 is 0. The van der Waals surface area contributed by atoms with Crippen molar-refractivity contribution < 1.29 is 49.6 Å². The van der Waals surface area contributed by atoms with Gasteiger partial charge in [0.15, 0.2) is 6.29 Å². The molecule has 10 heteroatoms. The normalized spacial score (nSPS) is 54.2. The number of rotatable bonds is 6. The molecule has 5 fully saturated rings. The zero-order chi connectivity index (χ0) is 27.7. The van der Waals surface area contributed by atoms with E-state index >= 15 is 0 Å². The maximum absolute atomic E-state index is 12.4. The molecule has 218 valence electrons. The first-order chi connectivity index (χ1) is 17.9. The van der Waals surface area contributed by atoms with Crippen molar-refractivity contribution in [2.75, 3.05) is 19.8 Å². The topological polar surface area (TPSA) is 166 Å². The third kappa shape index (κ3) is 4.09. The Kier molecular flexibility index (Phi) is 7.47. The van der Waals surface area contributed by atoms with Crippen LogP contribution in [-0.2, 0) is 19.0 Å². The molecule has 10 nitrogen and oxygen atoms in total. The lowest BCUT2D eigenvalue weighted by Gasteiger charge is -2.64. The van der Waals surface area contributed by atoms with Crippen molar-refractivity contribution in [3.63, 3.8) is 0 Å². The van der Waals surface area contributed by atoms with Crippen LogP contribution in [0.3, 0.4) is 0 Å². The van der Waals surface area contributed by atoms with Crippen LogP contribution in [0.5, 0.6) is 0 Å². The van der Waals surface area contributed by atoms with Crippen LogP contribution in [0.15, 0.2) is 0 Å². The summed E-state index contributed by atoms with van der Waals surface area (Å²) in [6.45, 7) is 5.17. The number of aliphatic hydroxyl groups excluding tert-OH is 5. The molecule has 6 N–H and O–H groups in total. The highest BCUT2D eigenvalue weighted by molar-refractivity contribution is 5.66. The van der Waals surface area contributed by atoms with Crippen LogP contribution in [0.1, 0.15) is 72.1 Å². The molecule has 0 aromatic heterocycles. The second-order valence-electron chi connectivity index (χ2n) is 13.5. The van der Waals surface area contributed by atoms with Gasteiger partial charge >= 0.3 is 5.97 Å². The molecular formula is C28H46O10. The molecule has 5 aliphatic rings. The first-order valence-corrected chi connectivity index (χ1v) is 14.3. The van der Waals surface area contributed by atoms with Crippen LogP contribution < -0.4 is 0 Å². The van der Waals surface area contributed by atoms with Crippen molar-refractivity contribution >= 4 is 5.97 Å². The Bertz CT molecular complexity index is 899. The molecule has 1 aliphatic heterocycles. The van der Waals surface area contributed by atoms with Gasteiger partial charge in [-0.2, -0.15) is 0 Å².